The predicted octanol–water partition coefficient (Wildman–Crippen LogP) is 4.57. The maximum absolute atomic E-state index is 4.16. The summed E-state index contributed by atoms with van der Waals surface area (Å²) in [5.41, 5.74) is 1.18. The van der Waals surface area contributed by atoms with Gasteiger partial charge in [-0.05, 0) is 45.6 Å². The van der Waals surface area contributed by atoms with E-state index in [0.29, 0.717) is 6.04 Å². The summed E-state index contributed by atoms with van der Waals surface area (Å²) in [6.45, 7) is 14.4. The molecule has 0 aromatic carbocycles. The number of rotatable bonds is 10. The molecule has 0 radical (unpaired) electrons. The molecular weight excluding hydrogens is 244 g/mol. The molecule has 118 valence electrons. The van der Waals surface area contributed by atoms with E-state index in [1.165, 1.54) is 70.2 Å². The van der Waals surface area contributed by atoms with E-state index in [-0.39, 0.29) is 0 Å². The highest BCUT2D eigenvalue weighted by Gasteiger charge is 2.19. The zero-order valence-corrected chi connectivity index (χ0v) is 14.1. The zero-order chi connectivity index (χ0) is 14.8. The van der Waals surface area contributed by atoms with Crippen molar-refractivity contribution in [1.29, 1.82) is 0 Å². The van der Waals surface area contributed by atoms with Crippen LogP contribution in [0, 0.1) is 5.92 Å². The number of piperidine rings is 1. The number of likely N-dealkylation sites (tertiary alicyclic amines) is 1. The lowest BCUT2D eigenvalue weighted by atomic mass is 9.92. The summed E-state index contributed by atoms with van der Waals surface area (Å²) in [4.78, 5) is 2.60. The van der Waals surface area contributed by atoms with Crippen molar-refractivity contribution in [3.8, 4) is 0 Å². The van der Waals surface area contributed by atoms with Crippen LogP contribution in [0.3, 0.4) is 0 Å². The SMILES string of the molecule is C=C(CN1CCCC(CCCCCCC)C1)NC(C)C. The van der Waals surface area contributed by atoms with Crippen LogP contribution in [0.1, 0.15) is 72.1 Å². The fraction of sp³-hybridized carbons (Fsp3) is 0.889. The first-order valence-corrected chi connectivity index (χ1v) is 8.78. The van der Waals surface area contributed by atoms with E-state index in [0.717, 1.165) is 12.5 Å². The predicted molar refractivity (Wildman–Crippen MR) is 90.0 cm³/mol. The molecule has 1 aliphatic rings. The van der Waals surface area contributed by atoms with Gasteiger partial charge in [-0.2, -0.15) is 0 Å². The van der Waals surface area contributed by atoms with Crippen LogP contribution in [0.2, 0.25) is 0 Å². The summed E-state index contributed by atoms with van der Waals surface area (Å²) in [5, 5.41) is 3.44. The summed E-state index contributed by atoms with van der Waals surface area (Å²) >= 11 is 0. The van der Waals surface area contributed by atoms with Crippen molar-refractivity contribution in [2.24, 2.45) is 5.92 Å². The van der Waals surface area contributed by atoms with Gasteiger partial charge in [-0.15, -0.1) is 0 Å². The van der Waals surface area contributed by atoms with E-state index in [1.54, 1.807) is 0 Å². The van der Waals surface area contributed by atoms with Crippen LogP contribution in [0.5, 0.6) is 0 Å². The van der Waals surface area contributed by atoms with Gasteiger partial charge in [-0.25, -0.2) is 0 Å². The smallest absolute Gasteiger partial charge is 0.0375 e. The van der Waals surface area contributed by atoms with E-state index >= 15 is 0 Å². The molecule has 0 aromatic heterocycles. The van der Waals surface area contributed by atoms with E-state index in [2.05, 4.69) is 37.6 Å². The first-order valence-electron chi connectivity index (χ1n) is 8.78. The van der Waals surface area contributed by atoms with Gasteiger partial charge in [0.05, 0.1) is 0 Å². The highest BCUT2D eigenvalue weighted by atomic mass is 15.1. The molecule has 0 bridgehead atoms. The van der Waals surface area contributed by atoms with Gasteiger partial charge in [0.25, 0.3) is 0 Å². The van der Waals surface area contributed by atoms with E-state index < -0.39 is 0 Å². The summed E-state index contributed by atoms with van der Waals surface area (Å²) in [5.74, 6) is 0.928. The average molecular weight is 280 g/mol. The molecule has 2 nitrogen and oxygen atoms in total. The topological polar surface area (TPSA) is 15.3 Å². The first-order chi connectivity index (χ1) is 9.61. The third-order valence-electron chi connectivity index (χ3n) is 4.23. The van der Waals surface area contributed by atoms with Gasteiger partial charge < -0.3 is 5.32 Å². The molecule has 1 fully saturated rings. The van der Waals surface area contributed by atoms with Crippen LogP contribution in [0.4, 0.5) is 0 Å². The molecule has 20 heavy (non-hydrogen) atoms. The Hall–Kier alpha value is -0.500. The van der Waals surface area contributed by atoms with Gasteiger partial charge in [0.1, 0.15) is 0 Å². The largest absolute Gasteiger partial charge is 0.386 e. The van der Waals surface area contributed by atoms with E-state index in [4.69, 9.17) is 0 Å². The Morgan fingerprint density at radius 3 is 2.70 bits per heavy atom. The molecule has 0 aromatic rings. The maximum Gasteiger partial charge on any atom is 0.0375 e. The van der Waals surface area contributed by atoms with E-state index in [1.807, 2.05) is 0 Å². The van der Waals surface area contributed by atoms with Crippen LogP contribution < -0.4 is 5.32 Å². The molecule has 0 spiro atoms. The van der Waals surface area contributed by atoms with Gasteiger partial charge in [-0.1, -0.05) is 45.6 Å². The highest BCUT2D eigenvalue weighted by molar-refractivity contribution is 4.96. The van der Waals surface area contributed by atoms with Crippen molar-refractivity contribution in [3.05, 3.63) is 12.3 Å². The Bertz CT molecular complexity index is 260. The van der Waals surface area contributed by atoms with Crippen LogP contribution >= 0.6 is 0 Å². The summed E-state index contributed by atoms with van der Waals surface area (Å²) in [6.07, 6.45) is 11.3. The fourth-order valence-electron chi connectivity index (χ4n) is 3.29. The summed E-state index contributed by atoms with van der Waals surface area (Å²) < 4.78 is 0. The second-order valence-corrected chi connectivity index (χ2v) is 6.85. The van der Waals surface area contributed by atoms with Crippen molar-refractivity contribution >= 4 is 0 Å². The second-order valence-electron chi connectivity index (χ2n) is 6.85. The molecule has 0 amide bonds. The monoisotopic (exact) mass is 280 g/mol. The minimum atomic E-state index is 0.502. The summed E-state index contributed by atoms with van der Waals surface area (Å²) in [7, 11) is 0. The van der Waals surface area contributed by atoms with Gasteiger partial charge in [0.15, 0.2) is 0 Å². The Morgan fingerprint density at radius 1 is 1.25 bits per heavy atom. The van der Waals surface area contributed by atoms with Crippen molar-refractivity contribution in [3.63, 3.8) is 0 Å². The third kappa shape index (κ3) is 7.94. The number of hydrogen-bond acceptors (Lipinski definition) is 2. The maximum atomic E-state index is 4.16. The average Bonchev–Trinajstić information content (AvgIpc) is 2.38. The van der Waals surface area contributed by atoms with Crippen molar-refractivity contribution in [2.45, 2.75) is 78.2 Å². The third-order valence-corrected chi connectivity index (χ3v) is 4.23. The first kappa shape index (κ1) is 17.6. The van der Waals surface area contributed by atoms with Crippen LogP contribution in [-0.4, -0.2) is 30.6 Å². The molecule has 1 atom stereocenters. The Kier molecular flexibility index (Phi) is 9.00. The van der Waals surface area contributed by atoms with Crippen molar-refractivity contribution < 1.29 is 0 Å². The quantitative estimate of drug-likeness (QED) is 0.590. The van der Waals surface area contributed by atoms with Gasteiger partial charge >= 0.3 is 0 Å². The lowest BCUT2D eigenvalue weighted by Gasteiger charge is -2.33. The van der Waals surface area contributed by atoms with Crippen LogP contribution in [-0.2, 0) is 0 Å². The Labute approximate surface area is 127 Å². The fourth-order valence-corrected chi connectivity index (χ4v) is 3.29. The molecule has 0 saturated carbocycles. The second kappa shape index (κ2) is 10.3. The van der Waals surface area contributed by atoms with Crippen molar-refractivity contribution in [1.82, 2.24) is 10.2 Å². The Morgan fingerprint density at radius 2 is 2.00 bits per heavy atom. The molecule has 1 unspecified atom stereocenters. The van der Waals surface area contributed by atoms with Gasteiger partial charge in [-0.3, -0.25) is 4.90 Å². The van der Waals surface area contributed by atoms with Gasteiger partial charge in [0, 0.05) is 24.8 Å². The lowest BCUT2D eigenvalue weighted by Crippen LogP contribution is -2.39. The Balaban J connectivity index is 2.16. The van der Waals surface area contributed by atoms with E-state index in [9.17, 15) is 0 Å². The van der Waals surface area contributed by atoms with Crippen molar-refractivity contribution in [2.75, 3.05) is 19.6 Å². The standard InChI is InChI=1S/C18H36N2/c1-5-6-7-8-9-11-18-12-10-13-20(15-18)14-17(4)19-16(2)3/h16,18-19H,4-15H2,1-3H3. The number of unbranched alkanes of at least 4 members (excludes halogenated alkanes) is 4. The van der Waals surface area contributed by atoms with Crippen LogP contribution in [0.25, 0.3) is 0 Å². The molecule has 1 rings (SSSR count). The lowest BCUT2D eigenvalue weighted by molar-refractivity contribution is 0.176. The highest BCUT2D eigenvalue weighted by Crippen LogP contribution is 2.22. The molecule has 2 heteroatoms. The molecular formula is C18H36N2. The molecule has 0 aliphatic carbocycles. The molecule has 1 saturated heterocycles. The minimum absolute atomic E-state index is 0.502. The number of nitrogens with one attached hydrogen (secondary N) is 1. The minimum Gasteiger partial charge on any atom is -0.386 e. The molecule has 1 aliphatic heterocycles. The normalized spacial score (nSPS) is 20.3. The van der Waals surface area contributed by atoms with Gasteiger partial charge in [0.2, 0.25) is 0 Å². The molecule has 1 heterocycles. The summed E-state index contributed by atoms with van der Waals surface area (Å²) in [6, 6.07) is 0.502. The number of hydrogen-bond donors (Lipinski definition) is 1. The number of nitrogens with zero attached hydrogens (tertiary/aromatic N) is 1. The van der Waals surface area contributed by atoms with Crippen LogP contribution in [0.15, 0.2) is 12.3 Å². The zero-order valence-electron chi connectivity index (χ0n) is 14.1. The molecule has 1 N–H and O–H groups in total.